The van der Waals surface area contributed by atoms with E-state index in [-0.39, 0.29) is 11.8 Å². The maximum Gasteiger partial charge on any atom is 0.326 e. The SMILES string of the molecule is Cc1cccc(NC(=O)COC(=O)CN2C(=O)N[C@]3(CCCC[C@H]3C)C2=O)c1. The Hall–Kier alpha value is -2.90. The fourth-order valence-corrected chi connectivity index (χ4v) is 3.88. The zero-order chi connectivity index (χ0) is 20.3. The first kappa shape index (κ1) is 19.9. The van der Waals surface area contributed by atoms with E-state index in [1.165, 1.54) is 0 Å². The lowest BCUT2D eigenvalue weighted by Crippen LogP contribution is -2.54. The molecule has 2 N–H and O–H groups in total. The number of carbonyl (C=O) groups excluding carboxylic acids is 4. The van der Waals surface area contributed by atoms with Crippen molar-refractivity contribution in [3.05, 3.63) is 29.8 Å². The predicted molar refractivity (Wildman–Crippen MR) is 101 cm³/mol. The highest BCUT2D eigenvalue weighted by Crippen LogP contribution is 2.38. The van der Waals surface area contributed by atoms with Gasteiger partial charge in [0.2, 0.25) is 0 Å². The van der Waals surface area contributed by atoms with Crippen LogP contribution in [0.2, 0.25) is 0 Å². The van der Waals surface area contributed by atoms with Gasteiger partial charge in [-0.05, 0) is 43.4 Å². The van der Waals surface area contributed by atoms with Crippen LogP contribution in [0.4, 0.5) is 10.5 Å². The van der Waals surface area contributed by atoms with E-state index >= 15 is 0 Å². The molecule has 1 aliphatic carbocycles. The van der Waals surface area contributed by atoms with E-state index in [2.05, 4.69) is 10.6 Å². The number of urea groups is 1. The molecular formula is C20H25N3O5. The molecule has 0 radical (unpaired) electrons. The summed E-state index contributed by atoms with van der Waals surface area (Å²) in [4.78, 5) is 50.0. The van der Waals surface area contributed by atoms with Gasteiger partial charge in [-0.3, -0.25) is 19.3 Å². The monoisotopic (exact) mass is 387 g/mol. The molecule has 150 valence electrons. The number of imide groups is 1. The van der Waals surface area contributed by atoms with Crippen molar-refractivity contribution in [2.75, 3.05) is 18.5 Å². The van der Waals surface area contributed by atoms with E-state index in [9.17, 15) is 19.2 Å². The van der Waals surface area contributed by atoms with E-state index in [0.29, 0.717) is 12.1 Å². The maximum atomic E-state index is 12.8. The lowest BCUT2D eigenvalue weighted by atomic mass is 9.73. The Morgan fingerprint density at radius 2 is 2.11 bits per heavy atom. The van der Waals surface area contributed by atoms with Crippen LogP contribution in [-0.4, -0.2) is 47.4 Å². The third-order valence-electron chi connectivity index (χ3n) is 5.45. The largest absolute Gasteiger partial charge is 0.454 e. The molecule has 3 rings (SSSR count). The highest BCUT2D eigenvalue weighted by molar-refractivity contribution is 6.09. The molecule has 1 aliphatic heterocycles. The summed E-state index contributed by atoms with van der Waals surface area (Å²) >= 11 is 0. The molecule has 1 spiro atoms. The summed E-state index contributed by atoms with van der Waals surface area (Å²) in [6.45, 7) is 2.84. The maximum absolute atomic E-state index is 12.8. The first-order chi connectivity index (χ1) is 13.3. The Morgan fingerprint density at radius 1 is 1.32 bits per heavy atom. The number of nitrogens with one attached hydrogen (secondary N) is 2. The molecule has 0 aromatic heterocycles. The molecule has 1 aromatic rings. The number of benzene rings is 1. The molecule has 28 heavy (non-hydrogen) atoms. The molecule has 1 saturated heterocycles. The van der Waals surface area contributed by atoms with E-state index in [0.717, 1.165) is 29.7 Å². The molecule has 4 amide bonds. The predicted octanol–water partition coefficient (Wildman–Crippen LogP) is 1.98. The normalized spacial score (nSPS) is 24.2. The van der Waals surface area contributed by atoms with Gasteiger partial charge in [0.25, 0.3) is 11.8 Å². The molecule has 2 aliphatic rings. The smallest absolute Gasteiger partial charge is 0.326 e. The second-order valence-electron chi connectivity index (χ2n) is 7.52. The second kappa shape index (κ2) is 8.00. The first-order valence-electron chi connectivity index (χ1n) is 9.48. The van der Waals surface area contributed by atoms with Gasteiger partial charge in [0.15, 0.2) is 6.61 Å². The lowest BCUT2D eigenvalue weighted by Gasteiger charge is -2.36. The molecule has 2 atom stereocenters. The van der Waals surface area contributed by atoms with Gasteiger partial charge in [-0.15, -0.1) is 0 Å². The number of hydrogen-bond acceptors (Lipinski definition) is 5. The Labute approximate surface area is 163 Å². The van der Waals surface area contributed by atoms with Crippen LogP contribution >= 0.6 is 0 Å². The highest BCUT2D eigenvalue weighted by atomic mass is 16.5. The lowest BCUT2D eigenvalue weighted by molar-refractivity contribution is -0.150. The number of rotatable bonds is 5. The summed E-state index contributed by atoms with van der Waals surface area (Å²) in [5, 5.41) is 5.40. The summed E-state index contributed by atoms with van der Waals surface area (Å²) in [5.41, 5.74) is 0.667. The third-order valence-corrected chi connectivity index (χ3v) is 5.45. The number of amides is 4. The minimum absolute atomic E-state index is 0.0128. The van der Waals surface area contributed by atoms with Crippen molar-refractivity contribution in [2.45, 2.75) is 45.1 Å². The van der Waals surface area contributed by atoms with E-state index in [1.807, 2.05) is 19.9 Å². The van der Waals surface area contributed by atoms with Crippen LogP contribution in [0.5, 0.6) is 0 Å². The quantitative estimate of drug-likeness (QED) is 0.594. The van der Waals surface area contributed by atoms with Crippen LogP contribution in [0.25, 0.3) is 0 Å². The van der Waals surface area contributed by atoms with Gasteiger partial charge in [0.1, 0.15) is 12.1 Å². The van der Waals surface area contributed by atoms with Crippen molar-refractivity contribution in [3.8, 4) is 0 Å². The number of aryl methyl sites for hydroxylation is 1. The first-order valence-corrected chi connectivity index (χ1v) is 9.48. The van der Waals surface area contributed by atoms with Gasteiger partial charge >= 0.3 is 12.0 Å². The molecule has 2 fully saturated rings. The van der Waals surface area contributed by atoms with Gasteiger partial charge < -0.3 is 15.4 Å². The number of esters is 1. The van der Waals surface area contributed by atoms with Gasteiger partial charge in [-0.2, -0.15) is 0 Å². The van der Waals surface area contributed by atoms with Gasteiger partial charge in [0.05, 0.1) is 0 Å². The molecule has 8 heteroatoms. The highest BCUT2D eigenvalue weighted by Gasteiger charge is 2.55. The zero-order valence-electron chi connectivity index (χ0n) is 16.1. The van der Waals surface area contributed by atoms with E-state index in [1.54, 1.807) is 18.2 Å². The summed E-state index contributed by atoms with van der Waals surface area (Å²) in [7, 11) is 0. The minimum Gasteiger partial charge on any atom is -0.454 e. The number of hydrogen-bond donors (Lipinski definition) is 2. The molecule has 0 unspecified atom stereocenters. The summed E-state index contributed by atoms with van der Waals surface area (Å²) in [6.07, 6.45) is 3.30. The van der Waals surface area contributed by atoms with E-state index < -0.39 is 36.6 Å². The fraction of sp³-hybridized carbons (Fsp3) is 0.500. The van der Waals surface area contributed by atoms with Crippen LogP contribution in [0, 0.1) is 12.8 Å². The summed E-state index contributed by atoms with van der Waals surface area (Å²) in [5.74, 6) is -1.67. The molecule has 8 nitrogen and oxygen atoms in total. The summed E-state index contributed by atoms with van der Waals surface area (Å²) in [6, 6.07) is 6.63. The Kier molecular flexibility index (Phi) is 5.67. The van der Waals surface area contributed by atoms with E-state index in [4.69, 9.17) is 4.74 Å². The summed E-state index contributed by atoms with van der Waals surface area (Å²) < 4.78 is 4.94. The minimum atomic E-state index is -0.918. The van der Waals surface area contributed by atoms with Crippen molar-refractivity contribution < 1.29 is 23.9 Å². The van der Waals surface area contributed by atoms with Crippen molar-refractivity contribution in [3.63, 3.8) is 0 Å². The Bertz CT molecular complexity index is 809. The van der Waals surface area contributed by atoms with Crippen molar-refractivity contribution in [1.29, 1.82) is 0 Å². The van der Waals surface area contributed by atoms with Gasteiger partial charge in [0, 0.05) is 5.69 Å². The van der Waals surface area contributed by atoms with Gasteiger partial charge in [-0.1, -0.05) is 31.9 Å². The molecule has 1 aromatic carbocycles. The molecular weight excluding hydrogens is 362 g/mol. The van der Waals surface area contributed by atoms with Crippen molar-refractivity contribution in [1.82, 2.24) is 10.2 Å². The van der Waals surface area contributed by atoms with Crippen LogP contribution in [0.15, 0.2) is 24.3 Å². The number of carbonyl (C=O) groups is 4. The molecule has 1 heterocycles. The van der Waals surface area contributed by atoms with Crippen LogP contribution < -0.4 is 10.6 Å². The number of anilines is 1. The van der Waals surface area contributed by atoms with Crippen molar-refractivity contribution in [2.24, 2.45) is 5.92 Å². The van der Waals surface area contributed by atoms with Crippen LogP contribution in [0.3, 0.4) is 0 Å². The van der Waals surface area contributed by atoms with Crippen molar-refractivity contribution >= 4 is 29.5 Å². The fourth-order valence-electron chi connectivity index (χ4n) is 3.88. The standard InChI is InChI=1S/C20H25N3O5/c1-13-6-5-8-15(10-13)21-16(24)12-28-17(25)11-23-18(26)20(22-19(23)27)9-4-3-7-14(20)2/h5-6,8,10,14H,3-4,7,9,11-12H2,1-2H3,(H,21,24)(H,22,27)/t14-,20+/m1/s1. The zero-order valence-corrected chi connectivity index (χ0v) is 16.1. The molecule has 0 bridgehead atoms. The average Bonchev–Trinajstić information content (AvgIpc) is 2.88. The van der Waals surface area contributed by atoms with Gasteiger partial charge in [-0.25, -0.2) is 4.79 Å². The van der Waals surface area contributed by atoms with Crippen LogP contribution in [0.1, 0.15) is 38.2 Å². The third kappa shape index (κ3) is 4.00. The number of nitrogens with zero attached hydrogens (tertiary/aromatic N) is 1. The Morgan fingerprint density at radius 3 is 2.82 bits per heavy atom. The average molecular weight is 387 g/mol. The topological polar surface area (TPSA) is 105 Å². The second-order valence-corrected chi connectivity index (χ2v) is 7.52. The number of ether oxygens (including phenoxy) is 1. The Balaban J connectivity index is 1.52. The molecule has 1 saturated carbocycles. The van der Waals surface area contributed by atoms with Crippen LogP contribution in [-0.2, 0) is 19.1 Å².